The lowest BCUT2D eigenvalue weighted by molar-refractivity contribution is -0.384. The molecule has 0 aliphatic heterocycles. The third-order valence-corrected chi connectivity index (χ3v) is 4.12. The van der Waals surface area contributed by atoms with E-state index in [0.717, 1.165) is 24.2 Å². The summed E-state index contributed by atoms with van der Waals surface area (Å²) in [7, 11) is 1.74. The molecule has 0 saturated carbocycles. The summed E-state index contributed by atoms with van der Waals surface area (Å²) in [6.07, 6.45) is 4.76. The van der Waals surface area contributed by atoms with Crippen molar-refractivity contribution in [2.75, 3.05) is 20.2 Å². The van der Waals surface area contributed by atoms with Crippen LogP contribution in [-0.4, -0.2) is 35.9 Å². The predicted molar refractivity (Wildman–Crippen MR) is 106 cm³/mol. The van der Waals surface area contributed by atoms with Crippen LogP contribution in [0.1, 0.15) is 18.4 Å². The van der Waals surface area contributed by atoms with Gasteiger partial charge < -0.3 is 9.64 Å². The fourth-order valence-corrected chi connectivity index (χ4v) is 2.41. The molecule has 2 aromatic rings. The summed E-state index contributed by atoms with van der Waals surface area (Å²) < 4.78 is 5.61. The highest BCUT2D eigenvalue weighted by Crippen LogP contribution is 2.16. The van der Waals surface area contributed by atoms with Gasteiger partial charge in [-0.3, -0.25) is 14.9 Å². The molecule has 0 fully saturated rings. The number of halogens is 1. The minimum atomic E-state index is -0.455. The number of nitro benzene ring substituents is 1. The predicted octanol–water partition coefficient (Wildman–Crippen LogP) is 4.58. The molecule has 0 radical (unpaired) electrons. The topological polar surface area (TPSA) is 72.7 Å². The number of benzene rings is 2. The molecular formula is C20H21ClN2O4. The quantitative estimate of drug-likeness (QED) is 0.273. The van der Waals surface area contributed by atoms with Gasteiger partial charge in [-0.1, -0.05) is 11.6 Å². The number of likely N-dealkylation sites (N-methyl/N-ethyl adjacent to an activating group) is 1. The van der Waals surface area contributed by atoms with Crippen molar-refractivity contribution in [1.82, 2.24) is 4.90 Å². The van der Waals surface area contributed by atoms with E-state index in [1.165, 1.54) is 18.2 Å². The van der Waals surface area contributed by atoms with Gasteiger partial charge in [0, 0.05) is 36.8 Å². The summed E-state index contributed by atoms with van der Waals surface area (Å²) in [5, 5.41) is 11.3. The Morgan fingerprint density at radius 1 is 1.15 bits per heavy atom. The first-order valence-corrected chi connectivity index (χ1v) is 8.89. The van der Waals surface area contributed by atoms with Gasteiger partial charge >= 0.3 is 0 Å². The molecule has 27 heavy (non-hydrogen) atoms. The largest absolute Gasteiger partial charge is 0.494 e. The molecule has 0 aliphatic rings. The number of nitrogens with zero attached hydrogens (tertiary/aromatic N) is 2. The lowest BCUT2D eigenvalue weighted by Gasteiger charge is -2.15. The number of unbranched alkanes of at least 4 members (excludes halogenated alkanes) is 1. The van der Waals surface area contributed by atoms with E-state index in [-0.39, 0.29) is 11.6 Å². The molecule has 0 spiro atoms. The van der Waals surface area contributed by atoms with Gasteiger partial charge in [-0.25, -0.2) is 0 Å². The van der Waals surface area contributed by atoms with Gasteiger partial charge in [0.1, 0.15) is 5.75 Å². The molecule has 2 rings (SSSR count). The van der Waals surface area contributed by atoms with Crippen molar-refractivity contribution < 1.29 is 14.5 Å². The van der Waals surface area contributed by atoms with Crippen molar-refractivity contribution in [1.29, 1.82) is 0 Å². The minimum absolute atomic E-state index is 0.0245. The average molecular weight is 389 g/mol. The van der Waals surface area contributed by atoms with Crippen LogP contribution in [0, 0.1) is 10.1 Å². The van der Waals surface area contributed by atoms with E-state index in [1.807, 2.05) is 12.1 Å². The number of non-ortho nitro benzene ring substituents is 1. The molecule has 0 aliphatic carbocycles. The summed E-state index contributed by atoms with van der Waals surface area (Å²) in [4.78, 5) is 23.9. The number of carbonyl (C=O) groups is 1. The van der Waals surface area contributed by atoms with Gasteiger partial charge in [0.2, 0.25) is 5.91 Å². The molecule has 0 saturated heterocycles. The Kier molecular flexibility index (Phi) is 7.82. The highest BCUT2D eigenvalue weighted by Gasteiger charge is 2.06. The highest BCUT2D eigenvalue weighted by atomic mass is 35.5. The standard InChI is InChI=1S/C20H21ClN2O4/c1-22(14-2-3-15-27-19-11-7-17(21)8-12-19)20(24)13-6-16-4-9-18(10-5-16)23(25)26/h4-13H,2-3,14-15H2,1H3/b13-6+. The molecule has 0 bridgehead atoms. The number of rotatable bonds is 9. The monoisotopic (exact) mass is 388 g/mol. The molecule has 142 valence electrons. The Hall–Kier alpha value is -2.86. The van der Waals surface area contributed by atoms with Crippen LogP contribution in [0.3, 0.4) is 0 Å². The van der Waals surface area contributed by atoms with Gasteiger partial charge in [-0.15, -0.1) is 0 Å². The Morgan fingerprint density at radius 2 is 1.81 bits per heavy atom. The molecule has 0 N–H and O–H groups in total. The van der Waals surface area contributed by atoms with Crippen LogP contribution in [-0.2, 0) is 4.79 Å². The average Bonchev–Trinajstić information content (AvgIpc) is 2.67. The number of amides is 1. The smallest absolute Gasteiger partial charge is 0.269 e. The van der Waals surface area contributed by atoms with Crippen molar-refractivity contribution in [2.24, 2.45) is 0 Å². The highest BCUT2D eigenvalue weighted by molar-refractivity contribution is 6.30. The molecular weight excluding hydrogens is 368 g/mol. The first-order chi connectivity index (χ1) is 13.0. The molecule has 7 heteroatoms. The summed E-state index contributed by atoms with van der Waals surface area (Å²) in [5.74, 6) is 0.654. The number of hydrogen-bond donors (Lipinski definition) is 0. The molecule has 0 heterocycles. The van der Waals surface area contributed by atoms with Crippen LogP contribution in [0.25, 0.3) is 6.08 Å². The maximum Gasteiger partial charge on any atom is 0.269 e. The summed E-state index contributed by atoms with van der Waals surface area (Å²) in [6.45, 7) is 1.19. The van der Waals surface area contributed by atoms with Gasteiger partial charge in [-0.2, -0.15) is 0 Å². The first-order valence-electron chi connectivity index (χ1n) is 8.52. The van der Waals surface area contributed by atoms with Crippen LogP contribution in [0.5, 0.6) is 5.75 Å². The van der Waals surface area contributed by atoms with Gasteiger partial charge in [0.15, 0.2) is 0 Å². The Balaban J connectivity index is 1.68. The van der Waals surface area contributed by atoms with Gasteiger partial charge in [-0.05, 0) is 60.9 Å². The van der Waals surface area contributed by atoms with E-state index < -0.39 is 4.92 Å². The second-order valence-corrected chi connectivity index (χ2v) is 6.39. The molecule has 1 amide bonds. The summed E-state index contributed by atoms with van der Waals surface area (Å²) >= 11 is 5.82. The molecule has 2 aromatic carbocycles. The zero-order valence-electron chi connectivity index (χ0n) is 15.0. The van der Waals surface area contributed by atoms with E-state index in [9.17, 15) is 14.9 Å². The van der Waals surface area contributed by atoms with E-state index in [2.05, 4.69) is 0 Å². The molecule has 0 atom stereocenters. The fourth-order valence-electron chi connectivity index (χ4n) is 2.28. The zero-order valence-corrected chi connectivity index (χ0v) is 15.8. The molecule has 6 nitrogen and oxygen atoms in total. The SMILES string of the molecule is CN(CCCCOc1ccc(Cl)cc1)C(=O)/C=C/c1ccc([N+](=O)[O-])cc1. The number of ether oxygens (including phenoxy) is 1. The third kappa shape index (κ3) is 7.11. The summed E-state index contributed by atoms with van der Waals surface area (Å²) in [6, 6.07) is 13.2. The van der Waals surface area contributed by atoms with Crippen molar-refractivity contribution in [2.45, 2.75) is 12.8 Å². The maximum atomic E-state index is 12.1. The lowest BCUT2D eigenvalue weighted by Crippen LogP contribution is -2.26. The molecule has 0 unspecified atom stereocenters. The number of nitro groups is 1. The third-order valence-electron chi connectivity index (χ3n) is 3.87. The zero-order chi connectivity index (χ0) is 19.6. The first kappa shape index (κ1) is 20.5. The second kappa shape index (κ2) is 10.3. The van der Waals surface area contributed by atoms with Gasteiger partial charge in [0.05, 0.1) is 11.5 Å². The van der Waals surface area contributed by atoms with Gasteiger partial charge in [0.25, 0.3) is 5.69 Å². The van der Waals surface area contributed by atoms with Crippen molar-refractivity contribution in [3.63, 3.8) is 0 Å². The summed E-state index contributed by atoms with van der Waals surface area (Å²) in [5.41, 5.74) is 0.759. The van der Waals surface area contributed by atoms with Crippen molar-refractivity contribution in [3.05, 3.63) is 75.3 Å². The van der Waals surface area contributed by atoms with Crippen LogP contribution in [0.2, 0.25) is 5.02 Å². The maximum absolute atomic E-state index is 12.1. The number of carbonyl (C=O) groups excluding carboxylic acids is 1. The number of hydrogen-bond acceptors (Lipinski definition) is 4. The van der Waals surface area contributed by atoms with E-state index in [1.54, 1.807) is 42.3 Å². The minimum Gasteiger partial charge on any atom is -0.494 e. The van der Waals surface area contributed by atoms with Crippen LogP contribution < -0.4 is 4.74 Å². The van der Waals surface area contributed by atoms with Crippen molar-refractivity contribution in [3.8, 4) is 5.75 Å². The van der Waals surface area contributed by atoms with E-state index in [0.29, 0.717) is 18.2 Å². The van der Waals surface area contributed by atoms with Crippen LogP contribution in [0.15, 0.2) is 54.6 Å². The Morgan fingerprint density at radius 3 is 2.44 bits per heavy atom. The Labute approximate surface area is 163 Å². The van der Waals surface area contributed by atoms with E-state index in [4.69, 9.17) is 16.3 Å². The van der Waals surface area contributed by atoms with Crippen molar-refractivity contribution >= 4 is 29.3 Å². The van der Waals surface area contributed by atoms with Crippen LogP contribution >= 0.6 is 11.6 Å². The Bertz CT molecular complexity index is 789. The fraction of sp³-hybridized carbons (Fsp3) is 0.250. The lowest BCUT2D eigenvalue weighted by atomic mass is 10.2. The van der Waals surface area contributed by atoms with Crippen LogP contribution in [0.4, 0.5) is 5.69 Å². The normalized spacial score (nSPS) is 10.7. The van der Waals surface area contributed by atoms with E-state index >= 15 is 0 Å². The molecule has 0 aromatic heterocycles. The second-order valence-electron chi connectivity index (χ2n) is 5.95.